The third-order valence-corrected chi connectivity index (χ3v) is 2.97. The van der Waals surface area contributed by atoms with E-state index in [9.17, 15) is 4.79 Å². The molecule has 102 valence electrons. The van der Waals surface area contributed by atoms with Crippen molar-refractivity contribution in [2.75, 3.05) is 12.1 Å². The second-order valence-electron chi connectivity index (χ2n) is 4.22. The maximum atomic E-state index is 12.2. The average molecular weight is 270 g/mol. The quantitative estimate of drug-likeness (QED) is 0.862. The number of nitrogens with zero attached hydrogens (tertiary/aromatic N) is 4. The third-order valence-electron chi connectivity index (χ3n) is 2.97. The van der Waals surface area contributed by atoms with E-state index < -0.39 is 0 Å². The number of anilines is 1. The van der Waals surface area contributed by atoms with Gasteiger partial charge in [0.15, 0.2) is 5.82 Å². The number of hydrogen-bond acceptors (Lipinski definition) is 4. The molecule has 2 aromatic rings. The van der Waals surface area contributed by atoms with Gasteiger partial charge in [0.25, 0.3) is 0 Å². The highest BCUT2D eigenvalue weighted by Crippen LogP contribution is 2.24. The Hall–Kier alpha value is -2.83. The van der Waals surface area contributed by atoms with Crippen molar-refractivity contribution in [1.29, 1.82) is 0 Å². The maximum absolute atomic E-state index is 12.2. The highest BCUT2D eigenvalue weighted by atomic mass is 16.2. The fraction of sp³-hybridized carbons (Fsp3) is 0.154. The minimum Gasteiger partial charge on any atom is -0.372 e. The largest absolute Gasteiger partial charge is 0.372 e. The molecule has 1 aromatic carbocycles. The number of nitrogens with one attached hydrogen (secondary N) is 2. The van der Waals surface area contributed by atoms with Gasteiger partial charge in [0.2, 0.25) is 0 Å². The minimum atomic E-state index is -0.282. The van der Waals surface area contributed by atoms with Crippen molar-refractivity contribution in [3.8, 4) is 0 Å². The number of fused-ring (bicyclic) bond motifs is 1. The van der Waals surface area contributed by atoms with Gasteiger partial charge in [-0.3, -0.25) is 0 Å². The van der Waals surface area contributed by atoms with Crippen molar-refractivity contribution in [3.63, 3.8) is 0 Å². The van der Waals surface area contributed by atoms with Gasteiger partial charge in [0.05, 0.1) is 18.2 Å². The number of amides is 2. The van der Waals surface area contributed by atoms with E-state index >= 15 is 0 Å². The molecule has 0 bridgehead atoms. The second kappa shape index (κ2) is 5.04. The molecule has 0 aliphatic carbocycles. The van der Waals surface area contributed by atoms with E-state index in [1.54, 1.807) is 19.6 Å². The lowest BCUT2D eigenvalue weighted by Gasteiger charge is -2.23. The van der Waals surface area contributed by atoms with E-state index in [1.165, 1.54) is 9.80 Å². The van der Waals surface area contributed by atoms with E-state index in [0.29, 0.717) is 18.1 Å². The fourth-order valence-corrected chi connectivity index (χ4v) is 2.02. The molecule has 0 radical (unpaired) electrons. The minimum absolute atomic E-state index is 0.282. The Morgan fingerprint density at radius 2 is 2.20 bits per heavy atom. The van der Waals surface area contributed by atoms with Crippen LogP contribution in [0.5, 0.6) is 0 Å². The Bertz CT molecular complexity index is 648. The zero-order valence-electron chi connectivity index (χ0n) is 10.9. The van der Waals surface area contributed by atoms with Crippen LogP contribution in [0.15, 0.2) is 41.5 Å². The normalized spacial score (nSPS) is 12.4. The first-order chi connectivity index (χ1) is 9.81. The van der Waals surface area contributed by atoms with E-state index in [-0.39, 0.29) is 6.03 Å². The Balaban J connectivity index is 2.10. The number of urea groups is 1. The molecule has 0 unspecified atom stereocenters. The van der Waals surface area contributed by atoms with Crippen LogP contribution in [0.1, 0.15) is 5.56 Å². The Morgan fingerprint density at radius 1 is 1.40 bits per heavy atom. The summed E-state index contributed by atoms with van der Waals surface area (Å²) in [4.78, 5) is 17.9. The van der Waals surface area contributed by atoms with Gasteiger partial charge in [-0.1, -0.05) is 18.2 Å². The predicted octanol–water partition coefficient (Wildman–Crippen LogP) is 1.26. The van der Waals surface area contributed by atoms with Crippen molar-refractivity contribution in [1.82, 2.24) is 20.5 Å². The molecule has 3 rings (SSSR count). The number of carbonyl (C=O) groups is 1. The number of hydrogen-bond donors (Lipinski definition) is 2. The van der Waals surface area contributed by atoms with Gasteiger partial charge in [-0.25, -0.2) is 9.79 Å². The Labute approximate surface area is 115 Å². The van der Waals surface area contributed by atoms with Crippen LogP contribution in [0.2, 0.25) is 0 Å². The molecule has 2 N–H and O–H groups in total. The van der Waals surface area contributed by atoms with Crippen LogP contribution < -0.4 is 15.6 Å². The first-order valence-electron chi connectivity index (χ1n) is 6.21. The van der Waals surface area contributed by atoms with E-state index in [2.05, 4.69) is 20.7 Å². The van der Waals surface area contributed by atoms with Gasteiger partial charge in [-0.15, -0.1) is 4.79 Å². The zero-order valence-corrected chi connectivity index (χ0v) is 10.9. The first kappa shape index (κ1) is 12.2. The lowest BCUT2D eigenvalue weighted by Crippen LogP contribution is -2.42. The standard InChI is InChI=1S/C13H14N6O/c1-14-13(20)18(11-5-3-2-4-6-11)19-12-10(8-17-19)7-15-9-16-12/h2-6,8-9H,7H2,1H3,(H,14,20)(H,15,16). The molecule has 20 heavy (non-hydrogen) atoms. The van der Waals surface area contributed by atoms with Crippen molar-refractivity contribution >= 4 is 23.9 Å². The monoisotopic (exact) mass is 270 g/mol. The number of rotatable bonds is 2. The van der Waals surface area contributed by atoms with Crippen molar-refractivity contribution < 1.29 is 4.79 Å². The average Bonchev–Trinajstić information content (AvgIpc) is 2.92. The molecule has 2 amide bonds. The summed E-state index contributed by atoms with van der Waals surface area (Å²) < 4.78 is 0. The molecule has 1 aliphatic rings. The van der Waals surface area contributed by atoms with Crippen LogP contribution in [0, 0.1) is 0 Å². The highest BCUT2D eigenvalue weighted by molar-refractivity contribution is 5.91. The Kier molecular flexibility index (Phi) is 3.08. The molecule has 0 fully saturated rings. The Morgan fingerprint density at radius 3 is 2.95 bits per heavy atom. The number of para-hydroxylation sites is 1. The first-order valence-corrected chi connectivity index (χ1v) is 6.21. The van der Waals surface area contributed by atoms with Crippen LogP contribution in [-0.2, 0) is 6.54 Å². The van der Waals surface area contributed by atoms with E-state index in [1.807, 2.05) is 30.3 Å². The molecule has 7 nitrogen and oxygen atoms in total. The van der Waals surface area contributed by atoms with Crippen molar-refractivity contribution in [2.45, 2.75) is 6.54 Å². The second-order valence-corrected chi connectivity index (χ2v) is 4.22. The topological polar surface area (TPSA) is 74.5 Å². The number of benzene rings is 1. The summed E-state index contributed by atoms with van der Waals surface area (Å²) in [6.07, 6.45) is 3.31. The lowest BCUT2D eigenvalue weighted by atomic mass is 10.3. The van der Waals surface area contributed by atoms with Crippen LogP contribution in [-0.4, -0.2) is 29.3 Å². The van der Waals surface area contributed by atoms with Crippen LogP contribution in [0.3, 0.4) is 0 Å². The van der Waals surface area contributed by atoms with Gasteiger partial charge >= 0.3 is 6.03 Å². The molecule has 0 saturated carbocycles. The lowest BCUT2D eigenvalue weighted by molar-refractivity contribution is 0.245. The SMILES string of the molecule is CNC(=O)N(c1ccccc1)n1ncc2c1N=CNC2. The molecule has 7 heteroatoms. The molecular formula is C13H14N6O. The number of aliphatic imine (C=N–C) groups is 1. The molecule has 0 spiro atoms. The van der Waals surface area contributed by atoms with Crippen LogP contribution in [0.4, 0.5) is 16.3 Å². The molecule has 0 saturated heterocycles. The van der Waals surface area contributed by atoms with Crippen LogP contribution in [0.25, 0.3) is 0 Å². The van der Waals surface area contributed by atoms with Gasteiger partial charge in [-0.05, 0) is 12.1 Å². The summed E-state index contributed by atoms with van der Waals surface area (Å²) >= 11 is 0. The summed E-state index contributed by atoms with van der Waals surface area (Å²) in [5.41, 5.74) is 1.66. The van der Waals surface area contributed by atoms with E-state index in [0.717, 1.165) is 5.56 Å². The van der Waals surface area contributed by atoms with Crippen molar-refractivity contribution in [3.05, 3.63) is 42.1 Å². The summed E-state index contributed by atoms with van der Waals surface area (Å²) in [5, 5.41) is 11.3. The zero-order chi connectivity index (χ0) is 13.9. The fourth-order valence-electron chi connectivity index (χ4n) is 2.02. The van der Waals surface area contributed by atoms with Gasteiger partial charge in [0, 0.05) is 19.2 Å². The van der Waals surface area contributed by atoms with Gasteiger partial charge < -0.3 is 10.6 Å². The van der Waals surface area contributed by atoms with Crippen LogP contribution >= 0.6 is 0 Å². The molecule has 1 aromatic heterocycles. The summed E-state index contributed by atoms with van der Waals surface area (Å²) in [7, 11) is 1.58. The van der Waals surface area contributed by atoms with Gasteiger partial charge in [0.1, 0.15) is 0 Å². The van der Waals surface area contributed by atoms with Crippen molar-refractivity contribution in [2.24, 2.45) is 4.99 Å². The molecular weight excluding hydrogens is 256 g/mol. The summed E-state index contributed by atoms with van der Waals surface area (Å²) in [6.45, 7) is 0.648. The molecule has 1 aliphatic heterocycles. The maximum Gasteiger partial charge on any atom is 0.342 e. The summed E-state index contributed by atoms with van der Waals surface area (Å²) in [6, 6.07) is 9.03. The predicted molar refractivity (Wildman–Crippen MR) is 76.0 cm³/mol. The van der Waals surface area contributed by atoms with E-state index in [4.69, 9.17) is 0 Å². The molecule has 2 heterocycles. The number of aromatic nitrogens is 2. The third kappa shape index (κ3) is 1.99. The smallest absolute Gasteiger partial charge is 0.342 e. The molecule has 0 atom stereocenters. The van der Waals surface area contributed by atoms with Gasteiger partial charge in [-0.2, -0.15) is 10.1 Å². The highest BCUT2D eigenvalue weighted by Gasteiger charge is 2.22. The summed E-state index contributed by atoms with van der Waals surface area (Å²) in [5.74, 6) is 0.649. The number of carbonyl (C=O) groups excluding carboxylic acids is 1.